The molecule has 202 valence electrons. The maximum Gasteiger partial charge on any atom is 0.277 e. The van der Waals surface area contributed by atoms with E-state index < -0.39 is 32.2 Å². The van der Waals surface area contributed by atoms with E-state index in [-0.39, 0.29) is 10.8 Å². The fourth-order valence-corrected chi connectivity index (χ4v) is 6.70. The minimum atomic E-state index is -4.41. The summed E-state index contributed by atoms with van der Waals surface area (Å²) in [4.78, 5) is 22.0. The number of rotatable bonds is 8. The summed E-state index contributed by atoms with van der Waals surface area (Å²) in [6, 6.07) is 18.7. The van der Waals surface area contributed by atoms with Gasteiger partial charge in [-0.2, -0.15) is 10.2 Å². The van der Waals surface area contributed by atoms with E-state index in [0.717, 1.165) is 48.1 Å². The molecule has 40 heavy (non-hydrogen) atoms. The van der Waals surface area contributed by atoms with Gasteiger partial charge in [0.25, 0.3) is 5.56 Å². The molecule has 0 aliphatic heterocycles. The van der Waals surface area contributed by atoms with E-state index in [0.29, 0.717) is 23.7 Å². The standard InChI is InChI=1S/C31H28N4O4S/c1-19-26(6-3-15-33-19)22-11-13-25(14-12-22)40(38,39)29-30(36)34-27(17-20-7-8-20)35(31(29)37)28(23-9-10-23)24-5-2-4-21(16-24)18-32/h2-6,11-16,20,23,28,36H,7-10,17H2,1H3/t28-/m0/s1. The van der Waals surface area contributed by atoms with Crippen LogP contribution in [0.15, 0.2) is 81.4 Å². The average molecular weight is 553 g/mol. The van der Waals surface area contributed by atoms with Crippen LogP contribution in [0.5, 0.6) is 5.88 Å². The van der Waals surface area contributed by atoms with Gasteiger partial charge >= 0.3 is 0 Å². The van der Waals surface area contributed by atoms with E-state index in [1.807, 2.05) is 25.1 Å². The van der Waals surface area contributed by atoms with Crippen molar-refractivity contribution >= 4 is 9.84 Å². The molecule has 0 radical (unpaired) electrons. The highest BCUT2D eigenvalue weighted by molar-refractivity contribution is 7.91. The van der Waals surface area contributed by atoms with Crippen LogP contribution in [0.25, 0.3) is 11.1 Å². The van der Waals surface area contributed by atoms with Crippen LogP contribution >= 0.6 is 0 Å². The number of hydrogen-bond donors (Lipinski definition) is 1. The summed E-state index contributed by atoms with van der Waals surface area (Å²) in [7, 11) is -4.41. The molecule has 6 rings (SSSR count). The number of nitriles is 1. The quantitative estimate of drug-likeness (QED) is 0.327. The molecule has 2 saturated carbocycles. The number of aryl methyl sites for hydroxylation is 1. The zero-order chi connectivity index (χ0) is 28.0. The Morgan fingerprint density at radius 1 is 1.07 bits per heavy atom. The summed E-state index contributed by atoms with van der Waals surface area (Å²) in [6.07, 6.45) is 5.90. The van der Waals surface area contributed by atoms with Gasteiger partial charge in [0.2, 0.25) is 15.7 Å². The summed E-state index contributed by atoms with van der Waals surface area (Å²) in [6.45, 7) is 1.87. The van der Waals surface area contributed by atoms with Gasteiger partial charge in [0.1, 0.15) is 5.82 Å². The van der Waals surface area contributed by atoms with Crippen LogP contribution in [-0.2, 0) is 16.3 Å². The second-order valence-electron chi connectivity index (χ2n) is 10.7. The van der Waals surface area contributed by atoms with Gasteiger partial charge in [-0.3, -0.25) is 14.3 Å². The van der Waals surface area contributed by atoms with Crippen LogP contribution in [0, 0.1) is 30.1 Å². The number of nitrogens with zero attached hydrogens (tertiary/aromatic N) is 4. The molecule has 0 saturated heterocycles. The third kappa shape index (κ3) is 4.80. The Morgan fingerprint density at radius 3 is 2.48 bits per heavy atom. The summed E-state index contributed by atoms with van der Waals surface area (Å²) < 4.78 is 29.2. The smallest absolute Gasteiger partial charge is 0.277 e. The van der Waals surface area contributed by atoms with E-state index in [1.54, 1.807) is 36.5 Å². The van der Waals surface area contributed by atoms with Gasteiger partial charge in [-0.1, -0.05) is 30.3 Å². The monoisotopic (exact) mass is 552 g/mol. The summed E-state index contributed by atoms with van der Waals surface area (Å²) >= 11 is 0. The highest BCUT2D eigenvalue weighted by atomic mass is 32.2. The SMILES string of the molecule is Cc1ncccc1-c1ccc(S(=O)(=O)c2c(O)nc(CC3CC3)n([C@H](c3cccc(C#N)c3)C3CC3)c2=O)cc1. The van der Waals surface area contributed by atoms with E-state index in [2.05, 4.69) is 16.0 Å². The second-order valence-corrected chi connectivity index (χ2v) is 12.6. The van der Waals surface area contributed by atoms with Crippen LogP contribution in [0.4, 0.5) is 0 Å². The molecule has 2 fully saturated rings. The molecular formula is C31H28N4O4S. The summed E-state index contributed by atoms with van der Waals surface area (Å²) in [5.74, 6) is 0.0530. The first-order chi connectivity index (χ1) is 19.3. The molecule has 4 aromatic rings. The van der Waals surface area contributed by atoms with Gasteiger partial charge in [-0.15, -0.1) is 0 Å². The Balaban J connectivity index is 1.49. The molecule has 2 aromatic heterocycles. The van der Waals surface area contributed by atoms with Crippen LogP contribution in [0.2, 0.25) is 0 Å². The molecule has 2 heterocycles. The Morgan fingerprint density at radius 2 is 1.82 bits per heavy atom. The fraction of sp³-hybridized carbons (Fsp3) is 0.290. The minimum absolute atomic E-state index is 0.105. The minimum Gasteiger partial charge on any atom is -0.492 e. The van der Waals surface area contributed by atoms with Crippen molar-refractivity contribution in [1.29, 1.82) is 5.26 Å². The predicted octanol–water partition coefficient (Wildman–Crippen LogP) is 4.98. The molecule has 9 heteroatoms. The maximum atomic E-state index is 14.2. The number of sulfone groups is 1. The third-order valence-electron chi connectivity index (χ3n) is 7.75. The Bertz CT molecular complexity index is 1820. The largest absolute Gasteiger partial charge is 0.492 e. The van der Waals surface area contributed by atoms with Crippen molar-refractivity contribution in [2.45, 2.75) is 54.9 Å². The maximum absolute atomic E-state index is 14.2. The van der Waals surface area contributed by atoms with Crippen LogP contribution in [0.3, 0.4) is 0 Å². The number of aromatic nitrogens is 3. The zero-order valence-electron chi connectivity index (χ0n) is 22.0. The van der Waals surface area contributed by atoms with E-state index in [9.17, 15) is 23.6 Å². The van der Waals surface area contributed by atoms with Crippen molar-refractivity contribution in [3.8, 4) is 23.1 Å². The van der Waals surface area contributed by atoms with Gasteiger partial charge in [-0.25, -0.2) is 8.42 Å². The molecule has 0 amide bonds. The van der Waals surface area contributed by atoms with Gasteiger partial charge < -0.3 is 5.11 Å². The van der Waals surface area contributed by atoms with Gasteiger partial charge in [0.15, 0.2) is 4.90 Å². The summed E-state index contributed by atoms with van der Waals surface area (Å²) in [5.41, 5.74) is 2.90. The lowest BCUT2D eigenvalue weighted by Crippen LogP contribution is -2.34. The number of hydrogen-bond acceptors (Lipinski definition) is 7. The fourth-order valence-electron chi connectivity index (χ4n) is 5.35. The number of benzene rings is 2. The molecule has 0 spiro atoms. The normalized spacial score (nSPS) is 15.9. The lowest BCUT2D eigenvalue weighted by molar-refractivity contribution is 0.399. The zero-order valence-corrected chi connectivity index (χ0v) is 22.8. The van der Waals surface area contributed by atoms with Crippen LogP contribution in [-0.4, -0.2) is 28.1 Å². The lowest BCUT2D eigenvalue weighted by atomic mass is 9.99. The van der Waals surface area contributed by atoms with Crippen LogP contribution in [0.1, 0.15) is 54.4 Å². The Hall–Kier alpha value is -4.29. The van der Waals surface area contributed by atoms with Crippen molar-refractivity contribution in [3.63, 3.8) is 0 Å². The van der Waals surface area contributed by atoms with Crippen molar-refractivity contribution < 1.29 is 13.5 Å². The van der Waals surface area contributed by atoms with E-state index in [4.69, 9.17) is 0 Å². The molecule has 2 aliphatic rings. The number of aromatic hydroxyl groups is 1. The predicted molar refractivity (Wildman–Crippen MR) is 148 cm³/mol. The topological polar surface area (TPSA) is 126 Å². The Kier molecular flexibility index (Phi) is 6.51. The number of pyridine rings is 1. The lowest BCUT2D eigenvalue weighted by Gasteiger charge is -2.24. The first-order valence-electron chi connectivity index (χ1n) is 13.4. The first kappa shape index (κ1) is 26.0. The molecule has 2 aliphatic carbocycles. The molecule has 0 unspecified atom stereocenters. The molecule has 0 bridgehead atoms. The van der Waals surface area contributed by atoms with Gasteiger partial charge in [0, 0.05) is 23.9 Å². The molecular weight excluding hydrogens is 524 g/mol. The van der Waals surface area contributed by atoms with Crippen molar-refractivity contribution in [2.75, 3.05) is 0 Å². The first-order valence-corrected chi connectivity index (χ1v) is 14.9. The summed E-state index contributed by atoms with van der Waals surface area (Å²) in [5, 5.41) is 20.4. The van der Waals surface area contributed by atoms with Crippen molar-refractivity contribution in [2.24, 2.45) is 11.8 Å². The van der Waals surface area contributed by atoms with Crippen molar-refractivity contribution in [1.82, 2.24) is 14.5 Å². The van der Waals surface area contributed by atoms with Gasteiger partial charge in [-0.05, 0) is 85.9 Å². The van der Waals surface area contributed by atoms with E-state index in [1.165, 1.54) is 16.7 Å². The van der Waals surface area contributed by atoms with Gasteiger partial charge in [0.05, 0.1) is 22.6 Å². The molecule has 8 nitrogen and oxygen atoms in total. The average Bonchev–Trinajstić information content (AvgIpc) is 3.87. The van der Waals surface area contributed by atoms with E-state index >= 15 is 0 Å². The molecule has 2 aromatic carbocycles. The Labute approximate surface area is 232 Å². The molecule has 1 atom stereocenters. The van der Waals surface area contributed by atoms with Crippen LogP contribution < -0.4 is 5.56 Å². The second kappa shape index (κ2) is 10.0. The third-order valence-corrected chi connectivity index (χ3v) is 9.54. The highest BCUT2D eigenvalue weighted by Gasteiger charge is 2.39. The molecule has 1 N–H and O–H groups in total. The van der Waals surface area contributed by atoms with Crippen molar-refractivity contribution in [3.05, 3.63) is 99.9 Å². The highest BCUT2D eigenvalue weighted by Crippen LogP contribution is 2.45.